The summed E-state index contributed by atoms with van der Waals surface area (Å²) >= 11 is 0. The van der Waals surface area contributed by atoms with Gasteiger partial charge >= 0.3 is 0 Å². The minimum atomic E-state index is -0.223. The molecule has 134 valence electrons. The smallest absolute Gasteiger partial charge is 0.265 e. The number of hydrogen-bond acceptors (Lipinski definition) is 4. The first-order valence-electron chi connectivity index (χ1n) is 8.39. The number of fused-ring (bicyclic) bond motifs is 1. The highest BCUT2D eigenvalue weighted by molar-refractivity contribution is 6.00. The first-order valence-corrected chi connectivity index (χ1v) is 8.39. The fraction of sp³-hybridized carbons (Fsp3) is 0.250. The Morgan fingerprint density at radius 3 is 2.77 bits per heavy atom. The van der Waals surface area contributed by atoms with Gasteiger partial charge in [-0.3, -0.25) is 14.4 Å². The molecule has 0 unspecified atom stereocenters. The van der Waals surface area contributed by atoms with Crippen molar-refractivity contribution in [1.82, 2.24) is 0 Å². The molecule has 0 saturated carbocycles. The molecule has 2 aromatic rings. The van der Waals surface area contributed by atoms with Crippen molar-refractivity contribution in [2.24, 2.45) is 0 Å². The van der Waals surface area contributed by atoms with Crippen LogP contribution in [-0.2, 0) is 9.59 Å². The van der Waals surface area contributed by atoms with E-state index in [4.69, 9.17) is 4.74 Å². The van der Waals surface area contributed by atoms with Crippen LogP contribution in [0.4, 0.5) is 11.4 Å². The maximum atomic E-state index is 12.3. The number of hydrogen-bond donors (Lipinski definition) is 1. The molecule has 6 nitrogen and oxygen atoms in total. The minimum Gasteiger partial charge on any atom is -0.482 e. The molecule has 0 aromatic heterocycles. The predicted octanol–water partition coefficient (Wildman–Crippen LogP) is 2.95. The van der Waals surface area contributed by atoms with Gasteiger partial charge in [-0.25, -0.2) is 0 Å². The van der Waals surface area contributed by atoms with E-state index in [1.54, 1.807) is 29.2 Å². The number of carbonyl (C=O) groups is 3. The van der Waals surface area contributed by atoms with Crippen molar-refractivity contribution >= 4 is 29.0 Å². The zero-order valence-electron chi connectivity index (χ0n) is 14.7. The Kier molecular flexibility index (Phi) is 5.02. The Bertz CT molecular complexity index is 876. The third-order valence-electron chi connectivity index (χ3n) is 4.17. The Morgan fingerprint density at radius 1 is 1.19 bits per heavy atom. The molecule has 3 rings (SSSR count). The van der Waals surface area contributed by atoms with E-state index in [-0.39, 0.29) is 37.2 Å². The number of nitrogens with one attached hydrogen (secondary N) is 1. The number of carbonyl (C=O) groups excluding carboxylic acids is 3. The summed E-state index contributed by atoms with van der Waals surface area (Å²) in [4.78, 5) is 37.5. The quantitative estimate of drug-likeness (QED) is 0.840. The number of aryl methyl sites for hydroxylation is 1. The van der Waals surface area contributed by atoms with Gasteiger partial charge in [-0.15, -0.1) is 0 Å². The number of ketones is 1. The topological polar surface area (TPSA) is 75.7 Å². The van der Waals surface area contributed by atoms with Crippen LogP contribution >= 0.6 is 0 Å². The van der Waals surface area contributed by atoms with Crippen LogP contribution < -0.4 is 15.0 Å². The number of nitrogens with zero attached hydrogens (tertiary/aromatic N) is 1. The van der Waals surface area contributed by atoms with Gasteiger partial charge in [0, 0.05) is 24.2 Å². The third-order valence-corrected chi connectivity index (χ3v) is 4.17. The first-order chi connectivity index (χ1) is 12.4. The average molecular weight is 352 g/mol. The molecule has 0 radical (unpaired) electrons. The van der Waals surface area contributed by atoms with Crippen LogP contribution in [0.2, 0.25) is 0 Å². The lowest BCUT2D eigenvalue weighted by molar-refractivity contribution is -0.121. The van der Waals surface area contributed by atoms with Gasteiger partial charge in [-0.1, -0.05) is 18.2 Å². The molecule has 1 N–H and O–H groups in total. The van der Waals surface area contributed by atoms with E-state index in [1.807, 2.05) is 25.1 Å². The number of benzene rings is 2. The van der Waals surface area contributed by atoms with E-state index in [1.165, 1.54) is 6.92 Å². The van der Waals surface area contributed by atoms with Gasteiger partial charge in [0.25, 0.3) is 5.91 Å². The largest absolute Gasteiger partial charge is 0.482 e. The maximum Gasteiger partial charge on any atom is 0.265 e. The second-order valence-corrected chi connectivity index (χ2v) is 6.24. The summed E-state index contributed by atoms with van der Waals surface area (Å²) < 4.78 is 5.44. The van der Waals surface area contributed by atoms with Crippen molar-refractivity contribution < 1.29 is 19.1 Å². The van der Waals surface area contributed by atoms with Crippen LogP contribution in [0.25, 0.3) is 0 Å². The Morgan fingerprint density at radius 2 is 2.00 bits per heavy atom. The highest BCUT2D eigenvalue weighted by Gasteiger charge is 2.25. The molecule has 1 heterocycles. The third kappa shape index (κ3) is 3.91. The molecular weight excluding hydrogens is 332 g/mol. The van der Waals surface area contributed by atoms with E-state index in [0.717, 1.165) is 5.56 Å². The van der Waals surface area contributed by atoms with Gasteiger partial charge in [0.1, 0.15) is 5.75 Å². The number of anilines is 2. The Hall–Kier alpha value is -3.15. The summed E-state index contributed by atoms with van der Waals surface area (Å²) in [6, 6.07) is 12.4. The molecule has 26 heavy (non-hydrogen) atoms. The molecule has 2 aromatic carbocycles. The van der Waals surface area contributed by atoms with E-state index in [0.29, 0.717) is 22.7 Å². The minimum absolute atomic E-state index is 0.0294. The summed E-state index contributed by atoms with van der Waals surface area (Å²) in [6.45, 7) is 3.64. The highest BCUT2D eigenvalue weighted by atomic mass is 16.5. The number of Topliss-reactive ketones (excluding diaryl/α,β-unsaturated/α-hetero) is 1. The molecule has 0 bridgehead atoms. The summed E-state index contributed by atoms with van der Waals surface area (Å²) in [5.74, 6) is 0.186. The van der Waals surface area contributed by atoms with E-state index >= 15 is 0 Å². The SMILES string of the molecule is CC(=O)c1cccc(NC(=O)CCN2C(=O)COc3ccc(C)cc32)c1. The van der Waals surface area contributed by atoms with Crippen LogP contribution in [0.3, 0.4) is 0 Å². The monoisotopic (exact) mass is 352 g/mol. The van der Waals surface area contributed by atoms with Crippen molar-refractivity contribution in [3.8, 4) is 5.75 Å². The lowest BCUT2D eigenvalue weighted by Gasteiger charge is -2.29. The molecule has 1 aliphatic rings. The van der Waals surface area contributed by atoms with Crippen LogP contribution in [0.15, 0.2) is 42.5 Å². The van der Waals surface area contributed by atoms with Gasteiger partial charge in [-0.05, 0) is 43.7 Å². The molecule has 0 aliphatic carbocycles. The van der Waals surface area contributed by atoms with E-state index < -0.39 is 0 Å². The molecule has 2 amide bonds. The highest BCUT2D eigenvalue weighted by Crippen LogP contribution is 2.32. The molecule has 0 spiro atoms. The fourth-order valence-electron chi connectivity index (χ4n) is 2.81. The van der Waals surface area contributed by atoms with Gasteiger partial charge in [0.05, 0.1) is 5.69 Å². The lowest BCUT2D eigenvalue weighted by Crippen LogP contribution is -2.40. The maximum absolute atomic E-state index is 12.3. The van der Waals surface area contributed by atoms with Gasteiger partial charge in [0.2, 0.25) is 5.91 Å². The van der Waals surface area contributed by atoms with Crippen molar-refractivity contribution in [3.05, 3.63) is 53.6 Å². The Balaban J connectivity index is 1.66. The number of rotatable bonds is 5. The molecule has 0 fully saturated rings. The second kappa shape index (κ2) is 7.39. The molecule has 0 saturated heterocycles. The zero-order valence-corrected chi connectivity index (χ0v) is 14.7. The fourth-order valence-corrected chi connectivity index (χ4v) is 2.81. The number of amides is 2. The summed E-state index contributed by atoms with van der Waals surface area (Å²) in [6.07, 6.45) is 0.142. The van der Waals surface area contributed by atoms with Gasteiger partial charge in [0.15, 0.2) is 12.4 Å². The Labute approximate surface area is 151 Å². The average Bonchev–Trinajstić information content (AvgIpc) is 2.61. The number of ether oxygens (including phenoxy) is 1. The molecule has 6 heteroatoms. The van der Waals surface area contributed by atoms with Crippen LogP contribution in [0.1, 0.15) is 29.3 Å². The second-order valence-electron chi connectivity index (χ2n) is 6.24. The zero-order chi connectivity index (χ0) is 18.7. The lowest BCUT2D eigenvalue weighted by atomic mass is 10.1. The molecule has 1 aliphatic heterocycles. The van der Waals surface area contributed by atoms with Crippen LogP contribution in [0, 0.1) is 6.92 Å². The molecule has 0 atom stereocenters. The van der Waals surface area contributed by atoms with E-state index in [9.17, 15) is 14.4 Å². The van der Waals surface area contributed by atoms with Crippen LogP contribution in [-0.4, -0.2) is 30.7 Å². The summed E-state index contributed by atoms with van der Waals surface area (Å²) in [7, 11) is 0. The first kappa shape index (κ1) is 17.7. The van der Waals surface area contributed by atoms with Crippen molar-refractivity contribution in [2.45, 2.75) is 20.3 Å². The standard InChI is InChI=1S/C20H20N2O4/c1-13-6-7-18-17(10-13)22(20(25)12-26-18)9-8-19(24)21-16-5-3-4-15(11-16)14(2)23/h3-7,10-11H,8-9,12H2,1-2H3,(H,21,24). The molecular formula is C20H20N2O4. The van der Waals surface area contributed by atoms with E-state index in [2.05, 4.69) is 5.32 Å². The van der Waals surface area contributed by atoms with Crippen molar-refractivity contribution in [1.29, 1.82) is 0 Å². The van der Waals surface area contributed by atoms with Crippen molar-refractivity contribution in [3.63, 3.8) is 0 Å². The van der Waals surface area contributed by atoms with Gasteiger partial charge < -0.3 is 15.0 Å². The van der Waals surface area contributed by atoms with Crippen molar-refractivity contribution in [2.75, 3.05) is 23.4 Å². The van der Waals surface area contributed by atoms with Gasteiger partial charge in [-0.2, -0.15) is 0 Å². The predicted molar refractivity (Wildman–Crippen MR) is 98.7 cm³/mol. The normalized spacial score (nSPS) is 13.0. The summed E-state index contributed by atoms with van der Waals surface area (Å²) in [5, 5.41) is 2.77. The van der Waals surface area contributed by atoms with Crippen LogP contribution in [0.5, 0.6) is 5.75 Å². The summed E-state index contributed by atoms with van der Waals surface area (Å²) in [5.41, 5.74) is 2.80.